The van der Waals surface area contributed by atoms with Crippen molar-refractivity contribution in [1.82, 2.24) is 14.8 Å². The summed E-state index contributed by atoms with van der Waals surface area (Å²) in [5.41, 5.74) is -0.366. The highest BCUT2D eigenvalue weighted by Crippen LogP contribution is 2.24. The third kappa shape index (κ3) is 1.81. The van der Waals surface area contributed by atoms with E-state index in [-0.39, 0.29) is 5.60 Å². The van der Waals surface area contributed by atoms with E-state index in [2.05, 4.69) is 17.0 Å². The highest BCUT2D eigenvalue weighted by Gasteiger charge is 2.27. The molecule has 0 bridgehead atoms. The molecule has 0 radical (unpaired) electrons. The molecule has 1 atom stereocenters. The molecular formula is C8H15N3OS. The summed E-state index contributed by atoms with van der Waals surface area (Å²) in [6, 6.07) is 0. The fraction of sp³-hybridized carbons (Fsp3) is 0.750. The Hall–Kier alpha value is -0.680. The Kier molecular flexibility index (Phi) is 2.87. The molecule has 0 aromatic carbocycles. The molecule has 1 aromatic heterocycles. The van der Waals surface area contributed by atoms with Gasteiger partial charge in [-0.05, 0) is 25.6 Å². The van der Waals surface area contributed by atoms with Gasteiger partial charge in [0.05, 0.1) is 0 Å². The lowest BCUT2D eigenvalue weighted by atomic mass is 10.0. The molecule has 1 N–H and O–H groups in total. The first-order valence-corrected chi connectivity index (χ1v) is 4.63. The maximum absolute atomic E-state index is 5.39. The molecule has 4 nitrogen and oxygen atoms in total. The van der Waals surface area contributed by atoms with Gasteiger partial charge in [-0.3, -0.25) is 9.78 Å². The fourth-order valence-electron chi connectivity index (χ4n) is 1.05. The number of rotatable bonds is 3. The second-order valence-corrected chi connectivity index (χ2v) is 3.57. The van der Waals surface area contributed by atoms with Gasteiger partial charge in [-0.2, -0.15) is 0 Å². The van der Waals surface area contributed by atoms with Crippen molar-refractivity contribution in [3.8, 4) is 0 Å². The number of H-pyrrole nitrogens is 1. The number of nitrogens with one attached hydrogen (secondary N) is 1. The van der Waals surface area contributed by atoms with Crippen LogP contribution in [0, 0.1) is 4.77 Å². The predicted molar refractivity (Wildman–Crippen MR) is 53.0 cm³/mol. The van der Waals surface area contributed by atoms with Crippen LogP contribution < -0.4 is 0 Å². The third-order valence-corrected chi connectivity index (χ3v) is 2.76. The van der Waals surface area contributed by atoms with Crippen molar-refractivity contribution in [2.24, 2.45) is 7.05 Å². The summed E-state index contributed by atoms with van der Waals surface area (Å²) in [6.45, 7) is 4.04. The molecule has 5 heteroatoms. The van der Waals surface area contributed by atoms with E-state index in [0.29, 0.717) is 4.77 Å². The van der Waals surface area contributed by atoms with Crippen molar-refractivity contribution < 1.29 is 4.74 Å². The Labute approximate surface area is 82.9 Å². The van der Waals surface area contributed by atoms with Gasteiger partial charge < -0.3 is 4.74 Å². The number of hydrogen-bond acceptors (Lipinski definition) is 3. The number of aromatic amines is 1. The summed E-state index contributed by atoms with van der Waals surface area (Å²) in [4.78, 5) is 4.22. The van der Waals surface area contributed by atoms with Crippen LogP contribution in [0.4, 0.5) is 0 Å². The van der Waals surface area contributed by atoms with Gasteiger partial charge in [0.1, 0.15) is 5.60 Å². The zero-order valence-corrected chi connectivity index (χ0v) is 9.23. The van der Waals surface area contributed by atoms with E-state index in [0.717, 1.165) is 12.2 Å². The number of methoxy groups -OCH3 is 1. The predicted octanol–water partition coefficient (Wildman–Crippen LogP) is 1.75. The minimum absolute atomic E-state index is 0.366. The van der Waals surface area contributed by atoms with Crippen LogP contribution in [0.5, 0.6) is 0 Å². The van der Waals surface area contributed by atoms with Gasteiger partial charge >= 0.3 is 0 Å². The lowest BCUT2D eigenvalue weighted by Gasteiger charge is -2.23. The molecule has 0 fully saturated rings. The summed E-state index contributed by atoms with van der Waals surface area (Å²) in [5.74, 6) is 0.782. The topological polar surface area (TPSA) is 42.8 Å². The molecule has 0 amide bonds. The van der Waals surface area contributed by atoms with Gasteiger partial charge in [0.2, 0.25) is 4.77 Å². The van der Waals surface area contributed by atoms with E-state index in [1.807, 2.05) is 14.0 Å². The second kappa shape index (κ2) is 3.59. The maximum atomic E-state index is 5.39. The fourth-order valence-corrected chi connectivity index (χ4v) is 1.18. The number of aromatic nitrogens is 3. The smallest absolute Gasteiger partial charge is 0.215 e. The Balaban J connectivity index is 3.13. The first-order valence-electron chi connectivity index (χ1n) is 4.22. The van der Waals surface area contributed by atoms with Crippen molar-refractivity contribution in [1.29, 1.82) is 0 Å². The summed E-state index contributed by atoms with van der Waals surface area (Å²) in [6.07, 6.45) is 0.853. The van der Waals surface area contributed by atoms with Crippen LogP contribution in [0.25, 0.3) is 0 Å². The Bertz CT molecular complexity index is 337. The molecule has 1 heterocycles. The van der Waals surface area contributed by atoms with E-state index in [9.17, 15) is 0 Å². The van der Waals surface area contributed by atoms with E-state index >= 15 is 0 Å². The number of aryl methyl sites for hydroxylation is 1. The van der Waals surface area contributed by atoms with Crippen LogP contribution in [0.15, 0.2) is 0 Å². The monoisotopic (exact) mass is 201 g/mol. The van der Waals surface area contributed by atoms with E-state index in [1.165, 1.54) is 0 Å². The first-order chi connectivity index (χ1) is 6.03. The zero-order valence-electron chi connectivity index (χ0n) is 8.42. The van der Waals surface area contributed by atoms with Crippen LogP contribution in [-0.4, -0.2) is 21.9 Å². The van der Waals surface area contributed by atoms with Gasteiger partial charge in [0.25, 0.3) is 0 Å². The molecule has 13 heavy (non-hydrogen) atoms. The summed E-state index contributed by atoms with van der Waals surface area (Å²) < 4.78 is 7.64. The van der Waals surface area contributed by atoms with E-state index in [4.69, 9.17) is 17.0 Å². The summed E-state index contributed by atoms with van der Waals surface area (Å²) >= 11 is 5.00. The average molecular weight is 201 g/mol. The van der Waals surface area contributed by atoms with Crippen molar-refractivity contribution >= 4 is 12.2 Å². The van der Waals surface area contributed by atoms with Gasteiger partial charge in [-0.25, -0.2) is 4.98 Å². The van der Waals surface area contributed by atoms with Gasteiger partial charge in [-0.15, -0.1) is 0 Å². The maximum Gasteiger partial charge on any atom is 0.215 e. The molecular weight excluding hydrogens is 186 g/mol. The van der Waals surface area contributed by atoms with Gasteiger partial charge in [0.15, 0.2) is 5.82 Å². The van der Waals surface area contributed by atoms with Crippen LogP contribution in [-0.2, 0) is 17.4 Å². The molecule has 0 saturated heterocycles. The number of ether oxygens (including phenoxy) is 1. The molecule has 0 aliphatic heterocycles. The number of nitrogens with zero attached hydrogens (tertiary/aromatic N) is 2. The minimum atomic E-state index is -0.366. The van der Waals surface area contributed by atoms with E-state index in [1.54, 1.807) is 11.8 Å². The van der Waals surface area contributed by atoms with E-state index < -0.39 is 0 Å². The standard InChI is InChI=1S/C8H15N3OS/c1-5-8(2,12-4)6-9-7(13)11(3)10-6/h5H2,1-4H3,(H,9,10,13). The number of hydrogen-bond donors (Lipinski definition) is 1. The quantitative estimate of drug-likeness (QED) is 0.758. The van der Waals surface area contributed by atoms with Crippen LogP contribution in [0.3, 0.4) is 0 Å². The third-order valence-electron chi connectivity index (χ3n) is 2.39. The normalized spacial score (nSPS) is 15.7. The summed E-state index contributed by atoms with van der Waals surface area (Å²) in [5, 5.41) is 3.06. The first kappa shape index (κ1) is 10.4. The minimum Gasteiger partial charge on any atom is -0.371 e. The van der Waals surface area contributed by atoms with Gasteiger partial charge in [-0.1, -0.05) is 6.92 Å². The van der Waals surface area contributed by atoms with Crippen LogP contribution >= 0.6 is 12.2 Å². The molecule has 74 valence electrons. The second-order valence-electron chi connectivity index (χ2n) is 3.20. The molecule has 0 aliphatic rings. The zero-order chi connectivity index (χ0) is 10.1. The Morgan fingerprint density at radius 1 is 1.69 bits per heavy atom. The van der Waals surface area contributed by atoms with Crippen molar-refractivity contribution in [3.05, 3.63) is 10.6 Å². The highest BCUT2D eigenvalue weighted by molar-refractivity contribution is 7.71. The average Bonchev–Trinajstić information content (AvgIpc) is 2.46. The molecule has 1 unspecified atom stereocenters. The van der Waals surface area contributed by atoms with Crippen molar-refractivity contribution in [3.63, 3.8) is 0 Å². The van der Waals surface area contributed by atoms with Crippen molar-refractivity contribution in [2.45, 2.75) is 25.9 Å². The summed E-state index contributed by atoms with van der Waals surface area (Å²) in [7, 11) is 3.51. The Morgan fingerprint density at radius 2 is 2.31 bits per heavy atom. The lowest BCUT2D eigenvalue weighted by molar-refractivity contribution is -0.00900. The molecule has 0 aliphatic carbocycles. The highest BCUT2D eigenvalue weighted by atomic mass is 32.1. The van der Waals surface area contributed by atoms with Crippen molar-refractivity contribution in [2.75, 3.05) is 7.11 Å². The van der Waals surface area contributed by atoms with Crippen LogP contribution in [0.1, 0.15) is 26.1 Å². The molecule has 0 saturated carbocycles. The molecule has 1 aromatic rings. The SMILES string of the molecule is CCC(C)(OC)c1nc(=S)n(C)[nH]1. The largest absolute Gasteiger partial charge is 0.371 e. The molecule has 1 rings (SSSR count). The van der Waals surface area contributed by atoms with Gasteiger partial charge in [0, 0.05) is 14.2 Å². The Morgan fingerprint density at radius 3 is 2.62 bits per heavy atom. The lowest BCUT2D eigenvalue weighted by Crippen LogP contribution is -2.25. The molecule has 0 spiro atoms. The van der Waals surface area contributed by atoms with Crippen LogP contribution in [0.2, 0.25) is 0 Å².